The number of fused-ring (bicyclic) bond motifs is 5. The van der Waals surface area contributed by atoms with Crippen molar-refractivity contribution in [3.05, 3.63) is 47.4 Å². The summed E-state index contributed by atoms with van der Waals surface area (Å²) < 4.78 is 20.0. The maximum Gasteiger partial charge on any atom is 0.303 e. The minimum atomic E-state index is -0.779. The van der Waals surface area contributed by atoms with Gasteiger partial charge in [0.1, 0.15) is 5.83 Å². The summed E-state index contributed by atoms with van der Waals surface area (Å²) in [6.45, 7) is 5.59. The number of rotatable bonds is 1. The second-order valence-electron chi connectivity index (χ2n) is 8.39. The van der Waals surface area contributed by atoms with Gasteiger partial charge in [-0.2, -0.15) is 0 Å². The molecule has 4 aliphatic carbocycles. The van der Waals surface area contributed by atoms with Gasteiger partial charge in [-0.15, -0.1) is 0 Å². The summed E-state index contributed by atoms with van der Waals surface area (Å²) in [5, 5.41) is 9.95. The van der Waals surface area contributed by atoms with Gasteiger partial charge in [-0.3, -0.25) is 4.79 Å². The number of halogens is 1. The average Bonchev–Trinajstić information content (AvgIpc) is 2.79. The first kappa shape index (κ1) is 16.8. The van der Waals surface area contributed by atoms with E-state index in [1.807, 2.05) is 13.0 Å². The van der Waals surface area contributed by atoms with Gasteiger partial charge < -0.3 is 9.84 Å². The van der Waals surface area contributed by atoms with Crippen molar-refractivity contribution in [2.45, 2.75) is 52.2 Å². The van der Waals surface area contributed by atoms with E-state index in [4.69, 9.17) is 4.74 Å². The molecule has 134 valence electrons. The van der Waals surface area contributed by atoms with Crippen LogP contribution in [0, 0.1) is 22.7 Å². The number of hydrogen-bond acceptors (Lipinski definition) is 3. The number of aliphatic hydroxyl groups is 1. The number of esters is 1. The van der Waals surface area contributed by atoms with Crippen molar-refractivity contribution >= 4 is 5.97 Å². The molecule has 6 atom stereocenters. The quantitative estimate of drug-likeness (QED) is 0.577. The Morgan fingerprint density at radius 2 is 2.12 bits per heavy atom. The molecule has 0 amide bonds. The molecule has 1 N–H and O–H groups in total. The molecule has 0 aromatic carbocycles. The highest BCUT2D eigenvalue weighted by Gasteiger charge is 2.57. The van der Waals surface area contributed by atoms with Gasteiger partial charge in [0, 0.05) is 23.7 Å². The zero-order chi connectivity index (χ0) is 18.0. The molecule has 0 saturated heterocycles. The van der Waals surface area contributed by atoms with Gasteiger partial charge in [0.2, 0.25) is 0 Å². The van der Waals surface area contributed by atoms with Gasteiger partial charge in [0.05, 0.1) is 6.10 Å². The molecular formula is C21H25FO3. The highest BCUT2D eigenvalue weighted by atomic mass is 19.1. The number of aliphatic hydroxyl groups excluding tert-OH is 1. The summed E-state index contributed by atoms with van der Waals surface area (Å²) in [5.74, 6) is -0.507. The molecule has 0 heterocycles. The predicted octanol–water partition coefficient (Wildman–Crippen LogP) is 4.01. The van der Waals surface area contributed by atoms with E-state index in [9.17, 15) is 14.3 Å². The number of carbonyl (C=O) groups is 1. The first-order valence-corrected chi connectivity index (χ1v) is 9.08. The predicted molar refractivity (Wildman–Crippen MR) is 93.1 cm³/mol. The summed E-state index contributed by atoms with van der Waals surface area (Å²) in [6.07, 6.45) is 11.1. The smallest absolute Gasteiger partial charge is 0.303 e. The van der Waals surface area contributed by atoms with Crippen LogP contribution in [0.2, 0.25) is 0 Å². The molecule has 3 nitrogen and oxygen atoms in total. The highest BCUT2D eigenvalue weighted by molar-refractivity contribution is 5.66. The molecule has 0 spiro atoms. The minimum Gasteiger partial charge on any atom is -0.455 e. The zero-order valence-electron chi connectivity index (χ0n) is 15.0. The van der Waals surface area contributed by atoms with Crippen molar-refractivity contribution in [3.63, 3.8) is 0 Å². The lowest BCUT2D eigenvalue weighted by molar-refractivity contribution is -0.152. The van der Waals surface area contributed by atoms with E-state index in [-0.39, 0.29) is 17.2 Å². The topological polar surface area (TPSA) is 46.5 Å². The first-order chi connectivity index (χ1) is 11.8. The standard InChI is InChI=1S/C21H25FO3/c1-12(23)25-19-18(22)11-17-15-5-4-13-10-14(24)6-8-20(13,2)16(15)7-9-21(17,19)3/h4-6,8,11,14,16-17,19,24H,7,9-10H2,1-3H3/t14-,16-,17-,19-,20-,21-/m0/s1. The zero-order valence-corrected chi connectivity index (χ0v) is 15.0. The lowest BCUT2D eigenvalue weighted by Gasteiger charge is -2.52. The maximum absolute atomic E-state index is 14.6. The number of allylic oxidation sites excluding steroid dienone is 5. The molecule has 4 rings (SSSR count). The third-order valence-corrected chi connectivity index (χ3v) is 6.89. The fourth-order valence-corrected chi connectivity index (χ4v) is 5.46. The minimum absolute atomic E-state index is 0.0505. The second kappa shape index (κ2) is 5.41. The van der Waals surface area contributed by atoms with Crippen molar-refractivity contribution in [2.75, 3.05) is 0 Å². The number of carbonyl (C=O) groups excluding carboxylic acids is 1. The summed E-state index contributed by atoms with van der Waals surface area (Å²) in [4.78, 5) is 11.4. The molecule has 1 fully saturated rings. The van der Waals surface area contributed by atoms with Crippen LogP contribution in [0.5, 0.6) is 0 Å². The van der Waals surface area contributed by atoms with Crippen LogP contribution in [0.3, 0.4) is 0 Å². The molecule has 4 aliphatic rings. The average molecular weight is 344 g/mol. The van der Waals surface area contributed by atoms with Crippen molar-refractivity contribution < 1.29 is 19.0 Å². The summed E-state index contributed by atoms with van der Waals surface area (Å²) in [7, 11) is 0. The third-order valence-electron chi connectivity index (χ3n) is 6.89. The van der Waals surface area contributed by atoms with Gasteiger partial charge in [0.15, 0.2) is 6.10 Å². The molecule has 0 aliphatic heterocycles. The Hall–Kier alpha value is -1.68. The molecule has 0 bridgehead atoms. The van der Waals surface area contributed by atoms with Gasteiger partial charge in [-0.05, 0) is 31.3 Å². The summed E-state index contributed by atoms with van der Waals surface area (Å²) in [5.41, 5.74) is 1.94. The maximum atomic E-state index is 14.6. The molecule has 1 saturated carbocycles. The van der Waals surface area contributed by atoms with Gasteiger partial charge >= 0.3 is 5.97 Å². The van der Waals surface area contributed by atoms with Crippen molar-refractivity contribution in [3.8, 4) is 0 Å². The fraction of sp³-hybridized carbons (Fsp3) is 0.571. The van der Waals surface area contributed by atoms with Gasteiger partial charge in [-0.1, -0.05) is 49.3 Å². The van der Waals surface area contributed by atoms with Gasteiger partial charge in [0.25, 0.3) is 0 Å². The van der Waals surface area contributed by atoms with Crippen LogP contribution in [-0.2, 0) is 9.53 Å². The Labute approximate surface area is 147 Å². The van der Waals surface area contributed by atoms with E-state index in [1.54, 1.807) is 6.08 Å². The number of hydrogen-bond donors (Lipinski definition) is 1. The Morgan fingerprint density at radius 3 is 2.84 bits per heavy atom. The molecule has 0 radical (unpaired) electrons. The van der Waals surface area contributed by atoms with Crippen molar-refractivity contribution in [1.29, 1.82) is 0 Å². The molecule has 0 aromatic rings. The summed E-state index contributed by atoms with van der Waals surface area (Å²) in [6, 6.07) is 0. The largest absolute Gasteiger partial charge is 0.455 e. The Bertz CT molecular complexity index is 746. The lowest BCUT2D eigenvalue weighted by atomic mass is 9.52. The van der Waals surface area contributed by atoms with Crippen molar-refractivity contribution in [1.82, 2.24) is 0 Å². The molecular weight excluding hydrogens is 319 g/mol. The number of ether oxygens (including phenoxy) is 1. The van der Waals surface area contributed by atoms with Gasteiger partial charge in [-0.25, -0.2) is 4.39 Å². The monoisotopic (exact) mass is 344 g/mol. The van der Waals surface area contributed by atoms with E-state index < -0.39 is 23.6 Å². The van der Waals surface area contributed by atoms with E-state index in [0.717, 1.165) is 12.8 Å². The van der Waals surface area contributed by atoms with E-state index >= 15 is 0 Å². The van der Waals surface area contributed by atoms with E-state index in [2.05, 4.69) is 25.2 Å². The first-order valence-electron chi connectivity index (χ1n) is 9.08. The SMILES string of the molecule is CC(=O)O[C@H]1C(F)=C[C@H]2C3=CC=C4C[C@@H](O)C=C[C@]4(C)[C@H]3CC[C@@]21C. The van der Waals surface area contributed by atoms with Crippen LogP contribution in [0.25, 0.3) is 0 Å². The molecule has 4 heteroatoms. The molecule has 0 unspecified atom stereocenters. The van der Waals surface area contributed by atoms with E-state index in [1.165, 1.54) is 18.1 Å². The van der Waals surface area contributed by atoms with Crippen LogP contribution in [0.4, 0.5) is 4.39 Å². The van der Waals surface area contributed by atoms with Crippen LogP contribution >= 0.6 is 0 Å². The van der Waals surface area contributed by atoms with Crippen LogP contribution in [0.1, 0.15) is 40.0 Å². The van der Waals surface area contributed by atoms with Crippen LogP contribution in [-0.4, -0.2) is 23.3 Å². The molecule has 0 aromatic heterocycles. The Kier molecular flexibility index (Phi) is 3.63. The Balaban J connectivity index is 1.74. The van der Waals surface area contributed by atoms with Crippen LogP contribution in [0.15, 0.2) is 47.4 Å². The fourth-order valence-electron chi connectivity index (χ4n) is 5.46. The van der Waals surface area contributed by atoms with Crippen molar-refractivity contribution in [2.24, 2.45) is 22.7 Å². The van der Waals surface area contributed by atoms with Crippen LogP contribution < -0.4 is 0 Å². The molecule has 25 heavy (non-hydrogen) atoms. The second-order valence-corrected chi connectivity index (χ2v) is 8.39. The highest BCUT2D eigenvalue weighted by Crippen LogP contribution is 2.62. The third kappa shape index (κ3) is 2.30. The summed E-state index contributed by atoms with van der Waals surface area (Å²) >= 11 is 0. The Morgan fingerprint density at radius 1 is 1.36 bits per heavy atom. The lowest BCUT2D eigenvalue weighted by Crippen LogP contribution is -2.47. The normalized spacial score (nSPS) is 44.8. The van der Waals surface area contributed by atoms with E-state index in [0.29, 0.717) is 12.3 Å².